The molecule has 2 aromatic carbocycles. The lowest BCUT2D eigenvalue weighted by Crippen LogP contribution is -2.10. The second-order valence-corrected chi connectivity index (χ2v) is 6.77. The number of thioether (sulfide) groups is 1. The lowest BCUT2D eigenvalue weighted by molar-refractivity contribution is -0.135. The monoisotopic (exact) mass is 397 g/mol. The van der Waals surface area contributed by atoms with Crippen LogP contribution in [0, 0.1) is 0 Å². The molecule has 1 heterocycles. The number of ether oxygens (including phenoxy) is 2. The number of hydrogen-bond donors (Lipinski definition) is 2. The second-order valence-electron chi connectivity index (χ2n) is 5.74. The Labute approximate surface area is 166 Å². The van der Waals surface area contributed by atoms with Crippen LogP contribution in [0.2, 0.25) is 0 Å². The largest absolute Gasteiger partial charge is 0.506 e. The zero-order valence-electron chi connectivity index (χ0n) is 15.4. The van der Waals surface area contributed by atoms with Gasteiger partial charge in [0.2, 0.25) is 0 Å². The number of para-hydroxylation sites is 1. The first-order valence-electron chi connectivity index (χ1n) is 8.55. The molecule has 0 fully saturated rings. The summed E-state index contributed by atoms with van der Waals surface area (Å²) >= 11 is 1.17. The van der Waals surface area contributed by atoms with Gasteiger partial charge in [-0.2, -0.15) is 0 Å². The summed E-state index contributed by atoms with van der Waals surface area (Å²) in [5.41, 5.74) is 1.37. The van der Waals surface area contributed by atoms with Crippen LogP contribution >= 0.6 is 11.8 Å². The summed E-state index contributed by atoms with van der Waals surface area (Å²) < 4.78 is 10.2. The third-order valence-electron chi connectivity index (χ3n) is 3.85. The number of aliphatic hydroxyl groups excluding tert-OH is 1. The van der Waals surface area contributed by atoms with E-state index in [0.717, 1.165) is 0 Å². The summed E-state index contributed by atoms with van der Waals surface area (Å²) in [6, 6.07) is 14.0. The van der Waals surface area contributed by atoms with E-state index >= 15 is 0 Å². The van der Waals surface area contributed by atoms with Crippen molar-refractivity contribution in [1.29, 1.82) is 0 Å². The average molecular weight is 397 g/mol. The molecule has 1 aliphatic rings. The molecule has 0 unspecified atom stereocenters. The van der Waals surface area contributed by atoms with Crippen molar-refractivity contribution in [2.75, 3.05) is 13.7 Å². The molecule has 144 valence electrons. The van der Waals surface area contributed by atoms with Gasteiger partial charge in [-0.15, -0.1) is 0 Å². The summed E-state index contributed by atoms with van der Waals surface area (Å²) in [4.78, 5) is 17.1. The van der Waals surface area contributed by atoms with Crippen LogP contribution in [-0.4, -0.2) is 34.9 Å². The zero-order valence-corrected chi connectivity index (χ0v) is 16.2. The van der Waals surface area contributed by atoms with Crippen molar-refractivity contribution in [3.8, 4) is 11.5 Å². The molecule has 0 saturated carbocycles. The lowest BCUT2D eigenvalue weighted by Gasteiger charge is -2.06. The summed E-state index contributed by atoms with van der Waals surface area (Å²) in [6.45, 7) is 2.23. The van der Waals surface area contributed by atoms with Crippen LogP contribution in [0.25, 0.3) is 6.08 Å². The molecule has 7 heteroatoms. The number of carbonyl (C=O) groups is 1. The third-order valence-corrected chi connectivity index (χ3v) is 4.87. The fourth-order valence-corrected chi connectivity index (χ4v) is 3.59. The molecule has 2 aromatic rings. The minimum Gasteiger partial charge on any atom is -0.506 e. The maximum atomic E-state index is 12.2. The number of nitrogens with zero attached hydrogens (tertiary/aromatic N) is 1. The Bertz CT molecular complexity index is 980. The van der Waals surface area contributed by atoms with Crippen molar-refractivity contribution >= 4 is 34.5 Å². The number of rotatable bonds is 5. The Morgan fingerprint density at radius 3 is 2.61 bits per heavy atom. The number of aliphatic imine (C=N–C) groups is 1. The SMILES string of the molecule is CCOc1cc(/C=C2\SC(=Nc3ccccc3)C(C(=O)OC)=C2O)ccc1O. The van der Waals surface area contributed by atoms with Gasteiger partial charge in [0.25, 0.3) is 0 Å². The van der Waals surface area contributed by atoms with Gasteiger partial charge in [0.1, 0.15) is 16.4 Å². The Balaban J connectivity index is 2.02. The van der Waals surface area contributed by atoms with E-state index in [0.29, 0.717) is 33.6 Å². The Kier molecular flexibility index (Phi) is 6.06. The van der Waals surface area contributed by atoms with E-state index in [2.05, 4.69) is 4.99 Å². The van der Waals surface area contributed by atoms with Crippen LogP contribution in [0.1, 0.15) is 12.5 Å². The molecule has 0 radical (unpaired) electrons. The minimum atomic E-state index is -0.663. The van der Waals surface area contributed by atoms with Crippen LogP contribution in [0.3, 0.4) is 0 Å². The molecule has 2 N–H and O–H groups in total. The molecule has 0 spiro atoms. The quantitative estimate of drug-likeness (QED) is 0.717. The van der Waals surface area contributed by atoms with Crippen molar-refractivity contribution in [3.05, 3.63) is 70.3 Å². The predicted molar refractivity (Wildman–Crippen MR) is 110 cm³/mol. The molecule has 0 atom stereocenters. The van der Waals surface area contributed by atoms with Gasteiger partial charge >= 0.3 is 5.97 Å². The van der Waals surface area contributed by atoms with Crippen LogP contribution in [0.4, 0.5) is 5.69 Å². The molecule has 0 amide bonds. The number of benzene rings is 2. The number of aliphatic hydroxyl groups is 1. The van der Waals surface area contributed by atoms with Gasteiger partial charge in [-0.3, -0.25) is 0 Å². The van der Waals surface area contributed by atoms with Crippen molar-refractivity contribution in [2.45, 2.75) is 6.92 Å². The molecular weight excluding hydrogens is 378 g/mol. The number of esters is 1. The van der Waals surface area contributed by atoms with Crippen LogP contribution < -0.4 is 4.74 Å². The predicted octanol–water partition coefficient (Wildman–Crippen LogP) is 4.59. The fourth-order valence-electron chi connectivity index (χ4n) is 2.55. The van der Waals surface area contributed by atoms with Gasteiger partial charge in [0.05, 0.1) is 24.3 Å². The molecule has 6 nitrogen and oxygen atoms in total. The Hall–Kier alpha value is -3.19. The molecule has 0 aromatic heterocycles. The van der Waals surface area contributed by atoms with E-state index in [9.17, 15) is 15.0 Å². The molecule has 1 aliphatic heterocycles. The molecule has 3 rings (SSSR count). The molecule has 0 bridgehead atoms. The average Bonchev–Trinajstić information content (AvgIpc) is 2.99. The number of methoxy groups -OCH3 is 1. The number of hydrogen-bond acceptors (Lipinski definition) is 7. The third kappa shape index (κ3) is 4.20. The minimum absolute atomic E-state index is 0.0198. The van der Waals surface area contributed by atoms with Gasteiger partial charge in [0.15, 0.2) is 11.5 Å². The summed E-state index contributed by atoms with van der Waals surface area (Å²) in [5, 5.41) is 20.8. The van der Waals surface area contributed by atoms with Gasteiger partial charge in [0, 0.05) is 0 Å². The maximum Gasteiger partial charge on any atom is 0.344 e. The maximum absolute atomic E-state index is 12.2. The van der Waals surface area contributed by atoms with E-state index in [1.807, 2.05) is 25.1 Å². The molecular formula is C21H19NO5S. The van der Waals surface area contributed by atoms with Crippen molar-refractivity contribution in [3.63, 3.8) is 0 Å². The van der Waals surface area contributed by atoms with E-state index in [1.54, 1.807) is 30.3 Å². The first-order chi connectivity index (χ1) is 13.5. The normalized spacial score (nSPS) is 16.6. The second kappa shape index (κ2) is 8.67. The van der Waals surface area contributed by atoms with Gasteiger partial charge in [-0.05, 0) is 42.8 Å². The highest BCUT2D eigenvalue weighted by atomic mass is 32.2. The Morgan fingerprint density at radius 2 is 1.93 bits per heavy atom. The van der Waals surface area contributed by atoms with Gasteiger partial charge < -0.3 is 19.7 Å². The van der Waals surface area contributed by atoms with Gasteiger partial charge in [-0.1, -0.05) is 36.0 Å². The summed E-state index contributed by atoms with van der Waals surface area (Å²) in [7, 11) is 1.25. The first-order valence-corrected chi connectivity index (χ1v) is 9.36. The van der Waals surface area contributed by atoms with E-state index in [-0.39, 0.29) is 17.1 Å². The van der Waals surface area contributed by atoms with Crippen molar-refractivity contribution in [1.82, 2.24) is 0 Å². The highest BCUT2D eigenvalue weighted by Gasteiger charge is 2.33. The molecule has 0 aliphatic carbocycles. The van der Waals surface area contributed by atoms with Gasteiger partial charge in [-0.25, -0.2) is 9.79 Å². The van der Waals surface area contributed by atoms with Crippen molar-refractivity contribution in [2.24, 2.45) is 4.99 Å². The molecule has 28 heavy (non-hydrogen) atoms. The highest BCUT2D eigenvalue weighted by molar-refractivity contribution is 8.18. The van der Waals surface area contributed by atoms with Crippen LogP contribution in [0.5, 0.6) is 11.5 Å². The lowest BCUT2D eigenvalue weighted by atomic mass is 10.1. The standard InChI is InChI=1S/C21H19NO5S/c1-3-27-16-11-13(9-10-15(16)23)12-17-19(24)18(21(25)26-2)20(28-17)22-14-7-5-4-6-8-14/h4-12,23-24H,3H2,1-2H3/b17-12-,22-20?. The van der Waals surface area contributed by atoms with Crippen LogP contribution in [0.15, 0.2) is 69.8 Å². The van der Waals surface area contributed by atoms with E-state index in [4.69, 9.17) is 9.47 Å². The number of phenolic OH excluding ortho intramolecular Hbond substituents is 1. The van der Waals surface area contributed by atoms with Crippen molar-refractivity contribution < 1.29 is 24.5 Å². The first kappa shape index (κ1) is 19.6. The fraction of sp³-hybridized carbons (Fsp3) is 0.143. The number of phenols is 1. The smallest absolute Gasteiger partial charge is 0.344 e. The van der Waals surface area contributed by atoms with E-state index < -0.39 is 5.97 Å². The highest BCUT2D eigenvalue weighted by Crippen LogP contribution is 2.40. The summed E-state index contributed by atoms with van der Waals surface area (Å²) in [5.74, 6) is -0.486. The van der Waals surface area contributed by atoms with Crippen LogP contribution in [-0.2, 0) is 9.53 Å². The van der Waals surface area contributed by atoms with E-state index in [1.165, 1.54) is 24.9 Å². The topological polar surface area (TPSA) is 88.4 Å². The molecule has 0 saturated heterocycles. The summed E-state index contributed by atoms with van der Waals surface area (Å²) in [6.07, 6.45) is 1.69. The zero-order chi connectivity index (χ0) is 20.1. The Morgan fingerprint density at radius 1 is 1.18 bits per heavy atom. The number of carbonyl (C=O) groups excluding carboxylic acids is 1. The number of aromatic hydroxyl groups is 1.